The first-order valence-corrected chi connectivity index (χ1v) is 8.65. The number of rotatable bonds is 5. The fourth-order valence-corrected chi connectivity index (χ4v) is 4.13. The topological polar surface area (TPSA) is 102 Å². The summed E-state index contributed by atoms with van der Waals surface area (Å²) in [4.78, 5) is 11.5. The van der Waals surface area contributed by atoms with Crippen molar-refractivity contribution in [2.45, 2.75) is 22.8 Å². The Labute approximate surface area is 140 Å². The van der Waals surface area contributed by atoms with E-state index in [1.807, 2.05) is 0 Å². The molecule has 0 radical (unpaired) electrons. The number of benzene rings is 1. The zero-order chi connectivity index (χ0) is 16.4. The van der Waals surface area contributed by atoms with E-state index in [9.17, 15) is 14.9 Å². The lowest BCUT2D eigenvalue weighted by atomic mass is 9.77. The first-order valence-electron chi connectivity index (χ1n) is 6.89. The van der Waals surface area contributed by atoms with Gasteiger partial charge >= 0.3 is 13.1 Å². The van der Waals surface area contributed by atoms with E-state index in [0.29, 0.717) is 13.0 Å². The zero-order valence-electron chi connectivity index (χ0n) is 12.1. The van der Waals surface area contributed by atoms with Crippen molar-refractivity contribution in [3.63, 3.8) is 0 Å². The predicted octanol–water partition coefficient (Wildman–Crippen LogP) is 1.75. The average Bonchev–Trinajstić information content (AvgIpc) is 3.01. The lowest BCUT2D eigenvalue weighted by Gasteiger charge is -2.28. The molecule has 7 nitrogen and oxygen atoms in total. The molecule has 120 valence electrons. The SMILES string of the molecule is CCOc1ccc2c(c1C(=O)O)OB(O)[C@@H](Sc1nncs1)C2. The van der Waals surface area contributed by atoms with Crippen LogP contribution in [0.3, 0.4) is 0 Å². The molecule has 1 aromatic heterocycles. The fraction of sp³-hybridized carbons (Fsp3) is 0.308. The van der Waals surface area contributed by atoms with Gasteiger partial charge < -0.3 is 19.5 Å². The summed E-state index contributed by atoms with van der Waals surface area (Å²) >= 11 is 2.74. The third-order valence-electron chi connectivity index (χ3n) is 3.28. The largest absolute Gasteiger partial charge is 0.537 e. The number of ether oxygens (including phenoxy) is 1. The number of aromatic nitrogens is 2. The number of carbonyl (C=O) groups is 1. The smallest absolute Gasteiger partial charge is 0.534 e. The number of thioether (sulfide) groups is 1. The molecule has 2 N–H and O–H groups in total. The van der Waals surface area contributed by atoms with E-state index < -0.39 is 13.1 Å². The minimum atomic E-state index is -1.15. The Morgan fingerprint density at radius 2 is 2.43 bits per heavy atom. The maximum atomic E-state index is 11.5. The van der Waals surface area contributed by atoms with Crippen molar-refractivity contribution in [1.82, 2.24) is 10.2 Å². The summed E-state index contributed by atoms with van der Waals surface area (Å²) in [6.07, 6.45) is 0.466. The van der Waals surface area contributed by atoms with Gasteiger partial charge in [-0.05, 0) is 25.0 Å². The second kappa shape index (κ2) is 6.77. The van der Waals surface area contributed by atoms with E-state index in [1.54, 1.807) is 24.6 Å². The van der Waals surface area contributed by atoms with Crippen molar-refractivity contribution in [3.05, 3.63) is 28.8 Å². The molecule has 0 spiro atoms. The maximum absolute atomic E-state index is 11.5. The highest BCUT2D eigenvalue weighted by atomic mass is 32.2. The number of hydrogen-bond acceptors (Lipinski definition) is 8. The maximum Gasteiger partial charge on any atom is 0.537 e. The molecule has 1 aliphatic rings. The van der Waals surface area contributed by atoms with Crippen LogP contribution in [0.1, 0.15) is 22.8 Å². The minimum Gasteiger partial charge on any atom is -0.534 e. The molecule has 23 heavy (non-hydrogen) atoms. The molecule has 10 heteroatoms. The van der Waals surface area contributed by atoms with E-state index in [2.05, 4.69) is 10.2 Å². The molecule has 0 amide bonds. The molecule has 0 saturated heterocycles. The van der Waals surface area contributed by atoms with E-state index >= 15 is 0 Å². The first kappa shape index (κ1) is 16.1. The molecule has 1 atom stereocenters. The Kier molecular flexibility index (Phi) is 4.74. The number of hydrogen-bond donors (Lipinski definition) is 2. The highest BCUT2D eigenvalue weighted by Gasteiger charge is 2.39. The van der Waals surface area contributed by atoms with Gasteiger partial charge in [-0.3, -0.25) is 0 Å². The Bertz CT molecular complexity index is 713. The second-order valence-corrected chi connectivity index (χ2v) is 7.06. The summed E-state index contributed by atoms with van der Waals surface area (Å²) in [7, 11) is -1.13. The van der Waals surface area contributed by atoms with Crippen molar-refractivity contribution in [2.24, 2.45) is 0 Å². The number of aromatic carboxylic acids is 1. The third-order valence-corrected chi connectivity index (χ3v) is 5.33. The molecule has 0 bridgehead atoms. The van der Waals surface area contributed by atoms with E-state index in [0.717, 1.165) is 9.90 Å². The van der Waals surface area contributed by atoms with Gasteiger partial charge in [0, 0.05) is 0 Å². The van der Waals surface area contributed by atoms with Crippen molar-refractivity contribution in [3.8, 4) is 11.5 Å². The lowest BCUT2D eigenvalue weighted by Crippen LogP contribution is -2.40. The first-order chi connectivity index (χ1) is 11.1. The number of carboxylic acids is 1. The van der Waals surface area contributed by atoms with Gasteiger partial charge in [-0.1, -0.05) is 29.2 Å². The van der Waals surface area contributed by atoms with Gasteiger partial charge in [-0.2, -0.15) is 0 Å². The van der Waals surface area contributed by atoms with Gasteiger partial charge in [0.15, 0.2) is 4.34 Å². The van der Waals surface area contributed by atoms with Crippen LogP contribution >= 0.6 is 23.1 Å². The summed E-state index contributed by atoms with van der Waals surface area (Å²) in [5.41, 5.74) is 2.28. The summed E-state index contributed by atoms with van der Waals surface area (Å²) < 4.78 is 11.6. The number of carboxylic acid groups (broad SMARTS) is 1. The highest BCUT2D eigenvalue weighted by Crippen LogP contribution is 2.40. The predicted molar refractivity (Wildman–Crippen MR) is 86.4 cm³/mol. The van der Waals surface area contributed by atoms with Crippen LogP contribution in [-0.2, 0) is 6.42 Å². The fourth-order valence-electron chi connectivity index (χ4n) is 2.34. The van der Waals surface area contributed by atoms with Gasteiger partial charge in [0.2, 0.25) is 0 Å². The summed E-state index contributed by atoms with van der Waals surface area (Å²) in [6.45, 7) is 2.12. The molecule has 2 aromatic rings. The van der Waals surface area contributed by atoms with Crippen molar-refractivity contribution in [2.75, 3.05) is 6.61 Å². The summed E-state index contributed by atoms with van der Waals surface area (Å²) in [6, 6.07) is 3.39. The second-order valence-electron chi connectivity index (χ2n) is 4.74. The molecular formula is C13H13BN2O5S2. The molecule has 0 saturated carbocycles. The lowest BCUT2D eigenvalue weighted by molar-refractivity contribution is 0.0689. The minimum absolute atomic E-state index is 0.0530. The number of fused-ring (bicyclic) bond motifs is 1. The Morgan fingerprint density at radius 3 is 3.09 bits per heavy atom. The molecule has 2 heterocycles. The molecule has 1 aromatic carbocycles. The average molecular weight is 352 g/mol. The Balaban J connectivity index is 1.92. The standard InChI is InChI=1S/C13H13BN2O5S2/c1-2-20-8-4-3-7-5-9(23-13-16-15-6-22-13)14(19)21-11(7)10(8)12(17)18/h3-4,6,9,19H,2,5H2,1H3,(H,17,18)/t9-/m0/s1. The number of nitrogens with zero attached hydrogens (tertiary/aromatic N) is 2. The molecular weight excluding hydrogens is 339 g/mol. The van der Waals surface area contributed by atoms with Crippen LogP contribution in [0.5, 0.6) is 11.5 Å². The molecule has 0 aliphatic carbocycles. The van der Waals surface area contributed by atoms with Gasteiger partial charge in [0.1, 0.15) is 22.6 Å². The quantitative estimate of drug-likeness (QED) is 0.785. The van der Waals surface area contributed by atoms with Gasteiger partial charge in [-0.15, -0.1) is 10.2 Å². The van der Waals surface area contributed by atoms with Crippen LogP contribution in [0.15, 0.2) is 22.0 Å². The van der Waals surface area contributed by atoms with E-state index in [-0.39, 0.29) is 22.2 Å². The molecule has 0 fully saturated rings. The van der Waals surface area contributed by atoms with Crippen LogP contribution in [-0.4, -0.2) is 45.2 Å². The van der Waals surface area contributed by atoms with Crippen LogP contribution in [0.2, 0.25) is 0 Å². The Morgan fingerprint density at radius 1 is 1.61 bits per heavy atom. The van der Waals surface area contributed by atoms with E-state index in [4.69, 9.17) is 9.39 Å². The van der Waals surface area contributed by atoms with Crippen molar-refractivity contribution >= 4 is 36.2 Å². The monoisotopic (exact) mass is 352 g/mol. The Hall–Kier alpha value is -1.78. The molecule has 0 unspecified atom stereocenters. The van der Waals surface area contributed by atoms with Gasteiger partial charge in [-0.25, -0.2) is 4.79 Å². The molecule has 1 aliphatic heterocycles. The van der Waals surface area contributed by atoms with Gasteiger partial charge in [0.25, 0.3) is 0 Å². The van der Waals surface area contributed by atoms with Crippen LogP contribution in [0.25, 0.3) is 0 Å². The summed E-state index contributed by atoms with van der Waals surface area (Å²) in [5.74, 6) is -0.737. The highest BCUT2D eigenvalue weighted by molar-refractivity contribution is 8.02. The zero-order valence-corrected chi connectivity index (χ0v) is 13.8. The van der Waals surface area contributed by atoms with Crippen LogP contribution in [0, 0.1) is 0 Å². The normalized spacial score (nSPS) is 16.6. The van der Waals surface area contributed by atoms with E-state index in [1.165, 1.54) is 23.1 Å². The third kappa shape index (κ3) is 3.28. The van der Waals surface area contributed by atoms with Crippen molar-refractivity contribution < 1.29 is 24.3 Å². The van der Waals surface area contributed by atoms with Crippen LogP contribution in [0.4, 0.5) is 0 Å². The van der Waals surface area contributed by atoms with Crippen molar-refractivity contribution in [1.29, 1.82) is 0 Å². The molecule has 3 rings (SSSR count). The van der Waals surface area contributed by atoms with Crippen LogP contribution < -0.4 is 9.39 Å². The van der Waals surface area contributed by atoms with Gasteiger partial charge in [0.05, 0.1) is 11.8 Å². The summed E-state index contributed by atoms with van der Waals surface area (Å²) in [5, 5.41) is 27.1.